The van der Waals surface area contributed by atoms with Crippen molar-refractivity contribution in [2.45, 2.75) is 19.1 Å². The molecule has 0 spiro atoms. The van der Waals surface area contributed by atoms with Gasteiger partial charge in [-0.15, -0.1) is 0 Å². The number of aromatic nitrogens is 1. The molecule has 0 saturated carbocycles. The molecule has 6 heteroatoms. The van der Waals surface area contributed by atoms with Crippen molar-refractivity contribution in [3.63, 3.8) is 0 Å². The Morgan fingerprint density at radius 1 is 1.44 bits per heavy atom. The molecule has 0 bridgehead atoms. The summed E-state index contributed by atoms with van der Waals surface area (Å²) in [6.07, 6.45) is -2.69. The first-order valence-electron chi connectivity index (χ1n) is 4.85. The van der Waals surface area contributed by atoms with Gasteiger partial charge in [-0.3, -0.25) is 4.98 Å². The molecule has 1 aromatic heterocycles. The molecular weight excluding hydrogens is 219 g/mol. The van der Waals surface area contributed by atoms with Crippen molar-refractivity contribution in [2.75, 3.05) is 13.1 Å². The van der Waals surface area contributed by atoms with Gasteiger partial charge in [0.15, 0.2) is 0 Å². The van der Waals surface area contributed by atoms with E-state index in [9.17, 15) is 13.2 Å². The van der Waals surface area contributed by atoms with E-state index < -0.39 is 18.8 Å². The maximum absolute atomic E-state index is 12.0. The summed E-state index contributed by atoms with van der Waals surface area (Å²) in [7, 11) is 0. The summed E-state index contributed by atoms with van der Waals surface area (Å²) in [6.45, 7) is 0.855. The molecule has 1 atom stereocenters. The lowest BCUT2D eigenvalue weighted by Crippen LogP contribution is -2.35. The fourth-order valence-electron chi connectivity index (χ4n) is 1.26. The third kappa shape index (κ3) is 4.16. The molecule has 0 aliphatic heterocycles. The van der Waals surface area contributed by atoms with Crippen molar-refractivity contribution in [3.05, 3.63) is 29.6 Å². The van der Waals surface area contributed by atoms with Crippen molar-refractivity contribution in [2.24, 2.45) is 5.73 Å². The van der Waals surface area contributed by atoms with Crippen molar-refractivity contribution in [3.8, 4) is 0 Å². The second kappa shape index (κ2) is 5.27. The number of aryl methyl sites for hydroxylation is 1. The summed E-state index contributed by atoms with van der Waals surface area (Å²) in [4.78, 5) is 4.02. The van der Waals surface area contributed by atoms with Crippen molar-refractivity contribution < 1.29 is 13.2 Å². The number of alkyl halides is 3. The average Bonchev–Trinajstić information content (AvgIpc) is 2.20. The largest absolute Gasteiger partial charge is 0.401 e. The van der Waals surface area contributed by atoms with Crippen LogP contribution in [0.4, 0.5) is 13.2 Å². The highest BCUT2D eigenvalue weighted by Gasteiger charge is 2.28. The third-order valence-electron chi connectivity index (χ3n) is 2.12. The third-order valence-corrected chi connectivity index (χ3v) is 2.12. The molecular formula is C10H14F3N3. The van der Waals surface area contributed by atoms with E-state index in [1.807, 2.05) is 6.92 Å². The van der Waals surface area contributed by atoms with Crippen LogP contribution in [0, 0.1) is 6.92 Å². The Labute approximate surface area is 91.9 Å². The minimum atomic E-state index is -4.23. The normalized spacial score (nSPS) is 13.8. The lowest BCUT2D eigenvalue weighted by Gasteiger charge is -2.18. The Hall–Kier alpha value is -1.14. The molecule has 1 unspecified atom stereocenters. The molecule has 0 aliphatic rings. The molecule has 0 aromatic carbocycles. The van der Waals surface area contributed by atoms with Crippen LogP contribution in [0.5, 0.6) is 0 Å². The van der Waals surface area contributed by atoms with E-state index in [-0.39, 0.29) is 6.54 Å². The van der Waals surface area contributed by atoms with E-state index in [2.05, 4.69) is 10.3 Å². The van der Waals surface area contributed by atoms with Crippen molar-refractivity contribution in [1.82, 2.24) is 10.3 Å². The molecule has 0 fully saturated rings. The van der Waals surface area contributed by atoms with Crippen LogP contribution < -0.4 is 11.1 Å². The fourth-order valence-corrected chi connectivity index (χ4v) is 1.26. The van der Waals surface area contributed by atoms with Gasteiger partial charge in [-0.25, -0.2) is 0 Å². The van der Waals surface area contributed by atoms with Crippen molar-refractivity contribution in [1.29, 1.82) is 0 Å². The summed E-state index contributed by atoms with van der Waals surface area (Å²) >= 11 is 0. The second-order valence-electron chi connectivity index (χ2n) is 3.52. The number of nitrogens with two attached hydrogens (primary N) is 1. The zero-order chi connectivity index (χ0) is 12.2. The number of nitrogens with zero attached hydrogens (tertiary/aromatic N) is 1. The van der Waals surface area contributed by atoms with Gasteiger partial charge in [0, 0.05) is 24.5 Å². The van der Waals surface area contributed by atoms with E-state index in [0.29, 0.717) is 5.56 Å². The fraction of sp³-hybridized carbons (Fsp3) is 0.500. The highest BCUT2D eigenvalue weighted by Crippen LogP contribution is 2.16. The van der Waals surface area contributed by atoms with E-state index in [1.54, 1.807) is 12.1 Å². The number of rotatable bonds is 4. The predicted octanol–water partition coefficient (Wildman–Crippen LogP) is 1.54. The molecule has 1 rings (SSSR count). The predicted molar refractivity (Wildman–Crippen MR) is 54.8 cm³/mol. The van der Waals surface area contributed by atoms with Crippen LogP contribution in [0.25, 0.3) is 0 Å². The lowest BCUT2D eigenvalue weighted by atomic mass is 10.1. The zero-order valence-electron chi connectivity index (χ0n) is 8.88. The first kappa shape index (κ1) is 12.9. The van der Waals surface area contributed by atoms with Crippen LogP contribution in [-0.4, -0.2) is 24.2 Å². The van der Waals surface area contributed by atoms with Crippen LogP contribution >= 0.6 is 0 Å². The summed E-state index contributed by atoms with van der Waals surface area (Å²) in [5.74, 6) is 0. The number of pyridine rings is 1. The highest BCUT2D eigenvalue weighted by molar-refractivity contribution is 5.17. The topological polar surface area (TPSA) is 50.9 Å². The van der Waals surface area contributed by atoms with Gasteiger partial charge in [0.2, 0.25) is 0 Å². The monoisotopic (exact) mass is 233 g/mol. The Kier molecular flexibility index (Phi) is 4.26. The van der Waals surface area contributed by atoms with E-state index in [4.69, 9.17) is 5.73 Å². The summed E-state index contributed by atoms with van der Waals surface area (Å²) in [5, 5.41) is 2.36. The highest BCUT2D eigenvalue weighted by atomic mass is 19.4. The Morgan fingerprint density at radius 3 is 2.56 bits per heavy atom. The van der Waals surface area contributed by atoms with Crippen LogP contribution in [0.1, 0.15) is 17.3 Å². The van der Waals surface area contributed by atoms with Gasteiger partial charge >= 0.3 is 6.18 Å². The maximum atomic E-state index is 12.0. The molecule has 90 valence electrons. The van der Waals surface area contributed by atoms with Gasteiger partial charge in [0.1, 0.15) is 0 Å². The van der Waals surface area contributed by atoms with Crippen LogP contribution in [-0.2, 0) is 0 Å². The molecule has 3 N–H and O–H groups in total. The molecule has 0 aliphatic carbocycles. The Morgan fingerprint density at radius 2 is 2.12 bits per heavy atom. The Balaban J connectivity index is 2.64. The summed E-state index contributed by atoms with van der Waals surface area (Å²) in [5.41, 5.74) is 6.89. The first-order valence-corrected chi connectivity index (χ1v) is 4.85. The van der Waals surface area contributed by atoms with E-state index in [0.717, 1.165) is 5.69 Å². The smallest absolute Gasteiger partial charge is 0.329 e. The lowest BCUT2D eigenvalue weighted by molar-refractivity contribution is -0.126. The molecule has 0 saturated heterocycles. The van der Waals surface area contributed by atoms with E-state index in [1.165, 1.54) is 6.20 Å². The summed E-state index contributed by atoms with van der Waals surface area (Å²) < 4.78 is 36.0. The number of nitrogens with one attached hydrogen (secondary N) is 1. The van der Waals surface area contributed by atoms with Gasteiger partial charge in [0.25, 0.3) is 0 Å². The molecule has 1 aromatic rings. The van der Waals surface area contributed by atoms with Gasteiger partial charge in [-0.1, -0.05) is 6.07 Å². The molecule has 16 heavy (non-hydrogen) atoms. The zero-order valence-corrected chi connectivity index (χ0v) is 8.88. The van der Waals surface area contributed by atoms with Crippen LogP contribution in [0.3, 0.4) is 0 Å². The van der Waals surface area contributed by atoms with Crippen LogP contribution in [0.2, 0.25) is 0 Å². The molecule has 1 heterocycles. The minimum Gasteiger partial charge on any atom is -0.329 e. The quantitative estimate of drug-likeness (QED) is 0.829. The van der Waals surface area contributed by atoms with Gasteiger partial charge in [-0.2, -0.15) is 13.2 Å². The number of hydrogen-bond donors (Lipinski definition) is 2. The summed E-state index contributed by atoms with van der Waals surface area (Å²) in [6, 6.07) is 2.95. The number of halogens is 3. The molecule has 0 radical (unpaired) electrons. The minimum absolute atomic E-state index is 0.0980. The van der Waals surface area contributed by atoms with E-state index >= 15 is 0 Å². The standard InChI is InChI=1S/C10H14F3N3/c1-7-2-3-8(5-15-7)9(4-14)16-6-10(11,12)13/h2-3,5,9,16H,4,6,14H2,1H3. The van der Waals surface area contributed by atoms with Crippen molar-refractivity contribution >= 4 is 0 Å². The first-order chi connectivity index (χ1) is 7.42. The SMILES string of the molecule is Cc1ccc(C(CN)NCC(F)(F)F)cn1. The van der Waals surface area contributed by atoms with Gasteiger partial charge in [-0.05, 0) is 18.6 Å². The van der Waals surface area contributed by atoms with Crippen LogP contribution in [0.15, 0.2) is 18.3 Å². The average molecular weight is 233 g/mol. The van der Waals surface area contributed by atoms with Gasteiger partial charge in [0.05, 0.1) is 6.54 Å². The van der Waals surface area contributed by atoms with Gasteiger partial charge < -0.3 is 11.1 Å². The maximum Gasteiger partial charge on any atom is 0.401 e. The second-order valence-corrected chi connectivity index (χ2v) is 3.52. The Bertz CT molecular complexity index is 321. The molecule has 3 nitrogen and oxygen atoms in total. The molecule has 0 amide bonds. The number of hydrogen-bond acceptors (Lipinski definition) is 3.